The second kappa shape index (κ2) is 8.41. The predicted octanol–water partition coefficient (Wildman–Crippen LogP) is 3.74. The van der Waals surface area contributed by atoms with Gasteiger partial charge in [-0.1, -0.05) is 29.3 Å². The van der Waals surface area contributed by atoms with Crippen molar-refractivity contribution in [2.45, 2.75) is 51.0 Å². The van der Waals surface area contributed by atoms with Crippen LogP contribution in [0.2, 0.25) is 10.0 Å². The molecule has 2 amide bonds. The van der Waals surface area contributed by atoms with Gasteiger partial charge in [-0.15, -0.1) is 0 Å². The van der Waals surface area contributed by atoms with E-state index in [0.717, 1.165) is 44.1 Å². The molecule has 0 spiro atoms. The van der Waals surface area contributed by atoms with Crippen LogP contribution in [0, 0.1) is 11.8 Å². The van der Waals surface area contributed by atoms with E-state index >= 15 is 0 Å². The summed E-state index contributed by atoms with van der Waals surface area (Å²) in [6, 6.07) is 5.82. The lowest BCUT2D eigenvalue weighted by molar-refractivity contribution is -0.130. The molecule has 2 saturated carbocycles. The Labute approximate surface area is 158 Å². The number of nitrogens with one attached hydrogen (secondary N) is 2. The summed E-state index contributed by atoms with van der Waals surface area (Å²) in [4.78, 5) is 24.4. The van der Waals surface area contributed by atoms with Gasteiger partial charge < -0.3 is 10.6 Å². The molecule has 0 bridgehead atoms. The first-order valence-corrected chi connectivity index (χ1v) is 9.80. The van der Waals surface area contributed by atoms with Crippen molar-refractivity contribution >= 4 is 35.0 Å². The van der Waals surface area contributed by atoms with Crippen LogP contribution in [-0.2, 0) is 16.0 Å². The highest BCUT2D eigenvalue weighted by Gasteiger charge is 2.32. The third-order valence-corrected chi connectivity index (χ3v) is 5.69. The van der Waals surface area contributed by atoms with E-state index in [4.69, 9.17) is 23.2 Å². The fourth-order valence-corrected chi connectivity index (χ4v) is 3.86. The topological polar surface area (TPSA) is 58.2 Å². The lowest BCUT2D eigenvalue weighted by Gasteiger charge is -2.27. The van der Waals surface area contributed by atoms with Crippen molar-refractivity contribution < 1.29 is 9.59 Å². The number of carbonyl (C=O) groups is 2. The Morgan fingerprint density at radius 3 is 2.20 bits per heavy atom. The minimum absolute atomic E-state index is 0.0191. The summed E-state index contributed by atoms with van der Waals surface area (Å²) in [6.07, 6.45) is 6.09. The summed E-state index contributed by atoms with van der Waals surface area (Å²) < 4.78 is 0. The van der Waals surface area contributed by atoms with E-state index in [1.807, 2.05) is 6.07 Å². The van der Waals surface area contributed by atoms with Crippen LogP contribution in [0.25, 0.3) is 0 Å². The Hall–Kier alpha value is -1.26. The maximum absolute atomic E-state index is 12.3. The molecular formula is C19H24Cl2N2O2. The van der Waals surface area contributed by atoms with Gasteiger partial charge in [-0.2, -0.15) is 0 Å². The largest absolute Gasteiger partial charge is 0.356 e. The van der Waals surface area contributed by atoms with Crippen LogP contribution in [0.3, 0.4) is 0 Å². The van der Waals surface area contributed by atoms with Crippen LogP contribution in [-0.4, -0.2) is 24.4 Å². The molecule has 2 aliphatic rings. The number of benzene rings is 1. The molecule has 1 aromatic carbocycles. The molecule has 136 valence electrons. The van der Waals surface area contributed by atoms with E-state index in [0.29, 0.717) is 29.1 Å². The minimum atomic E-state index is 0.0191. The molecule has 6 heteroatoms. The Kier molecular flexibility index (Phi) is 6.24. The van der Waals surface area contributed by atoms with E-state index < -0.39 is 0 Å². The molecule has 4 nitrogen and oxygen atoms in total. The average Bonchev–Trinajstić information content (AvgIpc) is 3.41. The lowest BCUT2D eigenvalue weighted by Crippen LogP contribution is -2.38. The molecule has 2 N–H and O–H groups in total. The zero-order valence-corrected chi connectivity index (χ0v) is 15.7. The van der Waals surface area contributed by atoms with Gasteiger partial charge in [0.15, 0.2) is 0 Å². The lowest BCUT2D eigenvalue weighted by atomic mass is 9.81. The standard InChI is InChI=1S/C19H24Cl2N2O2/c20-15-6-5-12(17(21)11-15)9-10-22-18(24)13-1-3-14(4-2-13)19(25)23-16-7-8-16/h5-6,11,13-14,16H,1-4,7-10H2,(H,22,24)(H,23,25). The maximum atomic E-state index is 12.3. The van der Waals surface area contributed by atoms with Gasteiger partial charge in [-0.3, -0.25) is 9.59 Å². The van der Waals surface area contributed by atoms with Gasteiger partial charge in [-0.25, -0.2) is 0 Å². The van der Waals surface area contributed by atoms with Gasteiger partial charge in [-0.05, 0) is 62.6 Å². The SMILES string of the molecule is O=C(NCCc1ccc(Cl)cc1Cl)C1CCC(C(=O)NC2CC2)CC1. The molecular weight excluding hydrogens is 359 g/mol. The zero-order chi connectivity index (χ0) is 17.8. The highest BCUT2D eigenvalue weighted by molar-refractivity contribution is 6.35. The van der Waals surface area contributed by atoms with E-state index in [-0.39, 0.29) is 23.7 Å². The predicted molar refractivity (Wildman–Crippen MR) is 99.8 cm³/mol. The van der Waals surface area contributed by atoms with Crippen molar-refractivity contribution in [1.82, 2.24) is 10.6 Å². The zero-order valence-electron chi connectivity index (χ0n) is 14.2. The number of hydrogen-bond acceptors (Lipinski definition) is 2. The first-order chi connectivity index (χ1) is 12.0. The van der Waals surface area contributed by atoms with Gasteiger partial charge in [0.2, 0.25) is 11.8 Å². The Morgan fingerprint density at radius 1 is 0.960 bits per heavy atom. The van der Waals surface area contributed by atoms with E-state index in [2.05, 4.69) is 10.6 Å². The third kappa shape index (κ3) is 5.35. The fraction of sp³-hybridized carbons (Fsp3) is 0.579. The number of halogens is 2. The molecule has 0 heterocycles. The van der Waals surface area contributed by atoms with Crippen LogP contribution in [0.15, 0.2) is 18.2 Å². The summed E-state index contributed by atoms with van der Waals surface area (Å²) in [5.41, 5.74) is 0.979. The van der Waals surface area contributed by atoms with E-state index in [1.165, 1.54) is 0 Å². The quantitative estimate of drug-likeness (QED) is 0.786. The molecule has 2 fully saturated rings. The van der Waals surface area contributed by atoms with Gasteiger partial charge >= 0.3 is 0 Å². The smallest absolute Gasteiger partial charge is 0.223 e. The summed E-state index contributed by atoms with van der Waals surface area (Å²) >= 11 is 12.0. The highest BCUT2D eigenvalue weighted by Crippen LogP contribution is 2.30. The van der Waals surface area contributed by atoms with Crippen LogP contribution in [0.4, 0.5) is 0 Å². The average molecular weight is 383 g/mol. The van der Waals surface area contributed by atoms with Gasteiger partial charge in [0.1, 0.15) is 0 Å². The summed E-state index contributed by atoms with van der Waals surface area (Å²) in [6.45, 7) is 0.558. The van der Waals surface area contributed by atoms with Crippen LogP contribution < -0.4 is 10.6 Å². The molecule has 0 radical (unpaired) electrons. The highest BCUT2D eigenvalue weighted by atomic mass is 35.5. The first-order valence-electron chi connectivity index (χ1n) is 9.05. The van der Waals surface area contributed by atoms with Crippen molar-refractivity contribution in [3.63, 3.8) is 0 Å². The Bertz CT molecular complexity index is 638. The molecule has 0 saturated heterocycles. The molecule has 0 unspecified atom stereocenters. The van der Waals surface area contributed by atoms with E-state index in [1.54, 1.807) is 12.1 Å². The number of rotatable bonds is 6. The molecule has 0 atom stereocenters. The van der Waals surface area contributed by atoms with Gasteiger partial charge in [0, 0.05) is 34.5 Å². The van der Waals surface area contributed by atoms with Crippen molar-refractivity contribution in [2.24, 2.45) is 11.8 Å². The van der Waals surface area contributed by atoms with Crippen molar-refractivity contribution in [2.75, 3.05) is 6.54 Å². The summed E-state index contributed by atoms with van der Waals surface area (Å²) in [5.74, 6) is 0.369. The molecule has 0 aliphatic heterocycles. The first kappa shape index (κ1) is 18.5. The number of hydrogen-bond donors (Lipinski definition) is 2. The van der Waals surface area contributed by atoms with Crippen LogP contribution in [0.5, 0.6) is 0 Å². The molecule has 3 rings (SSSR count). The second-order valence-corrected chi connectivity index (χ2v) is 7.95. The van der Waals surface area contributed by atoms with Crippen molar-refractivity contribution in [3.8, 4) is 0 Å². The second-order valence-electron chi connectivity index (χ2n) is 7.11. The molecule has 2 aliphatic carbocycles. The van der Waals surface area contributed by atoms with Crippen LogP contribution in [0.1, 0.15) is 44.1 Å². The monoisotopic (exact) mass is 382 g/mol. The summed E-state index contributed by atoms with van der Waals surface area (Å²) in [7, 11) is 0. The van der Waals surface area contributed by atoms with Crippen LogP contribution >= 0.6 is 23.2 Å². The van der Waals surface area contributed by atoms with Crippen molar-refractivity contribution in [1.29, 1.82) is 0 Å². The van der Waals surface area contributed by atoms with E-state index in [9.17, 15) is 9.59 Å². The maximum Gasteiger partial charge on any atom is 0.223 e. The molecule has 25 heavy (non-hydrogen) atoms. The van der Waals surface area contributed by atoms with Gasteiger partial charge in [0.25, 0.3) is 0 Å². The van der Waals surface area contributed by atoms with Gasteiger partial charge in [0.05, 0.1) is 0 Å². The number of carbonyl (C=O) groups excluding carboxylic acids is 2. The minimum Gasteiger partial charge on any atom is -0.356 e. The normalized spacial score (nSPS) is 23.1. The van der Waals surface area contributed by atoms with Crippen molar-refractivity contribution in [3.05, 3.63) is 33.8 Å². The fourth-order valence-electron chi connectivity index (χ4n) is 3.35. The molecule has 0 aromatic heterocycles. The Morgan fingerprint density at radius 2 is 1.60 bits per heavy atom. The molecule has 1 aromatic rings. The number of amides is 2. The third-order valence-electron chi connectivity index (χ3n) is 5.10. The Balaban J connectivity index is 1.38. The summed E-state index contributed by atoms with van der Waals surface area (Å²) in [5, 5.41) is 7.31.